The lowest BCUT2D eigenvalue weighted by atomic mass is 9.79. The number of anilines is 1. The molecule has 6 rings (SSSR count). The molecule has 3 aliphatic heterocycles. The van der Waals surface area contributed by atoms with Crippen molar-refractivity contribution >= 4 is 22.6 Å². The third kappa shape index (κ3) is 4.15. The fourth-order valence-corrected chi connectivity index (χ4v) is 6.25. The summed E-state index contributed by atoms with van der Waals surface area (Å²) in [6, 6.07) is 6.53. The van der Waals surface area contributed by atoms with Crippen LogP contribution in [0.5, 0.6) is 0 Å². The number of H-pyrrole nitrogens is 1. The van der Waals surface area contributed by atoms with Gasteiger partial charge < -0.3 is 14.7 Å². The SMILES string of the molecule is C=CC(=O)N1CC2(CCN(c3nc(CCN4CCCC4)nc(-c4c(C)ccc5[nH]ncc45)c3C#N)C2)C1. The van der Waals surface area contributed by atoms with Gasteiger partial charge in [0.05, 0.1) is 17.4 Å². The molecule has 3 fully saturated rings. The van der Waals surface area contributed by atoms with E-state index in [-0.39, 0.29) is 11.3 Å². The van der Waals surface area contributed by atoms with Crippen LogP contribution in [-0.2, 0) is 11.2 Å². The topological polar surface area (TPSA) is 105 Å². The molecule has 3 saturated heterocycles. The van der Waals surface area contributed by atoms with E-state index in [2.05, 4.69) is 39.6 Å². The van der Waals surface area contributed by atoms with Gasteiger partial charge in [0.25, 0.3) is 0 Å². The molecule has 0 saturated carbocycles. The molecule has 1 amide bonds. The normalized spacial score (nSPS) is 18.9. The molecule has 1 N–H and O–H groups in total. The smallest absolute Gasteiger partial charge is 0.245 e. The van der Waals surface area contributed by atoms with Gasteiger partial charge in [-0.1, -0.05) is 12.6 Å². The number of aromatic amines is 1. The minimum absolute atomic E-state index is 0.0148. The number of aryl methyl sites for hydroxylation is 1. The second kappa shape index (κ2) is 9.27. The summed E-state index contributed by atoms with van der Waals surface area (Å²) in [5.41, 5.74) is 4.16. The molecule has 190 valence electrons. The van der Waals surface area contributed by atoms with E-state index in [4.69, 9.17) is 9.97 Å². The van der Waals surface area contributed by atoms with Gasteiger partial charge in [-0.3, -0.25) is 9.89 Å². The van der Waals surface area contributed by atoms with Crippen molar-refractivity contribution in [1.29, 1.82) is 5.26 Å². The maximum atomic E-state index is 12.0. The molecule has 0 radical (unpaired) electrons. The fourth-order valence-electron chi connectivity index (χ4n) is 6.25. The van der Waals surface area contributed by atoms with Crippen molar-refractivity contribution < 1.29 is 4.79 Å². The summed E-state index contributed by atoms with van der Waals surface area (Å²) in [4.78, 5) is 28.6. The zero-order chi connectivity index (χ0) is 25.6. The molecule has 3 aromatic rings. The number of rotatable bonds is 6. The van der Waals surface area contributed by atoms with E-state index >= 15 is 0 Å². The van der Waals surface area contributed by atoms with Crippen molar-refractivity contribution in [3.63, 3.8) is 0 Å². The number of carbonyl (C=O) groups excluding carboxylic acids is 1. The summed E-state index contributed by atoms with van der Waals surface area (Å²) >= 11 is 0. The Hall–Kier alpha value is -3.77. The first kappa shape index (κ1) is 23.6. The zero-order valence-corrected chi connectivity index (χ0v) is 21.3. The third-order valence-corrected chi connectivity index (χ3v) is 8.24. The highest BCUT2D eigenvalue weighted by atomic mass is 16.2. The molecule has 9 heteroatoms. The highest BCUT2D eigenvalue weighted by Crippen LogP contribution is 2.43. The number of nitrogens with one attached hydrogen (secondary N) is 1. The molecule has 37 heavy (non-hydrogen) atoms. The number of hydrogen-bond acceptors (Lipinski definition) is 7. The van der Waals surface area contributed by atoms with E-state index in [1.54, 1.807) is 0 Å². The van der Waals surface area contributed by atoms with Crippen molar-refractivity contribution in [1.82, 2.24) is 30.0 Å². The molecule has 0 aliphatic carbocycles. The molecule has 0 bridgehead atoms. The molecular weight excluding hydrogens is 464 g/mol. The molecule has 1 aromatic carbocycles. The fraction of sp³-hybridized carbons (Fsp3) is 0.464. The minimum atomic E-state index is -0.0148. The second-order valence-corrected chi connectivity index (χ2v) is 10.8. The monoisotopic (exact) mass is 496 g/mol. The Balaban J connectivity index is 1.39. The van der Waals surface area contributed by atoms with Crippen molar-refractivity contribution in [2.24, 2.45) is 5.41 Å². The van der Waals surface area contributed by atoms with Crippen LogP contribution in [0.25, 0.3) is 22.2 Å². The van der Waals surface area contributed by atoms with E-state index in [1.807, 2.05) is 23.2 Å². The zero-order valence-electron chi connectivity index (χ0n) is 21.3. The number of likely N-dealkylation sites (tertiary alicyclic amines) is 2. The maximum Gasteiger partial charge on any atom is 0.245 e. The largest absolute Gasteiger partial charge is 0.355 e. The number of carbonyl (C=O) groups is 1. The average molecular weight is 497 g/mol. The number of benzene rings is 1. The van der Waals surface area contributed by atoms with Crippen LogP contribution >= 0.6 is 0 Å². The first-order valence-corrected chi connectivity index (χ1v) is 13.1. The van der Waals surface area contributed by atoms with Crippen LogP contribution in [0.2, 0.25) is 0 Å². The van der Waals surface area contributed by atoms with Gasteiger partial charge in [-0.05, 0) is 57.0 Å². The van der Waals surface area contributed by atoms with Crippen molar-refractivity contribution in [2.75, 3.05) is 50.7 Å². The van der Waals surface area contributed by atoms with Gasteiger partial charge in [-0.25, -0.2) is 9.97 Å². The van der Waals surface area contributed by atoms with Gasteiger partial charge in [0.15, 0.2) is 5.82 Å². The van der Waals surface area contributed by atoms with Crippen LogP contribution in [0.15, 0.2) is 31.0 Å². The van der Waals surface area contributed by atoms with E-state index in [1.165, 1.54) is 18.9 Å². The quantitative estimate of drug-likeness (QED) is 0.523. The summed E-state index contributed by atoms with van der Waals surface area (Å²) in [6.45, 7) is 11.9. The van der Waals surface area contributed by atoms with Crippen molar-refractivity contribution in [3.8, 4) is 17.3 Å². The Morgan fingerprint density at radius 2 is 2.03 bits per heavy atom. The van der Waals surface area contributed by atoms with Gasteiger partial charge in [0, 0.05) is 55.5 Å². The van der Waals surface area contributed by atoms with E-state index in [0.29, 0.717) is 17.1 Å². The number of nitrogens with zero attached hydrogens (tertiary/aromatic N) is 7. The van der Waals surface area contributed by atoms with Crippen LogP contribution in [-0.4, -0.2) is 81.7 Å². The van der Waals surface area contributed by atoms with Crippen LogP contribution in [0, 0.1) is 23.7 Å². The number of aromatic nitrogens is 4. The second-order valence-electron chi connectivity index (χ2n) is 10.8. The Kier molecular flexibility index (Phi) is 5.92. The first-order valence-electron chi connectivity index (χ1n) is 13.1. The van der Waals surface area contributed by atoms with Gasteiger partial charge in [0.2, 0.25) is 5.91 Å². The lowest BCUT2D eigenvalue weighted by Crippen LogP contribution is -2.59. The first-order chi connectivity index (χ1) is 18.0. The van der Waals surface area contributed by atoms with E-state index in [9.17, 15) is 10.1 Å². The van der Waals surface area contributed by atoms with Gasteiger partial charge in [-0.15, -0.1) is 0 Å². The number of amides is 1. The van der Waals surface area contributed by atoms with Crippen molar-refractivity contribution in [2.45, 2.75) is 32.6 Å². The molecule has 5 heterocycles. The Labute approximate surface area is 216 Å². The van der Waals surface area contributed by atoms with Crippen LogP contribution in [0.3, 0.4) is 0 Å². The molecule has 0 unspecified atom stereocenters. The molecule has 2 aromatic heterocycles. The third-order valence-electron chi connectivity index (χ3n) is 8.24. The Morgan fingerprint density at radius 3 is 2.78 bits per heavy atom. The highest BCUT2D eigenvalue weighted by Gasteiger charge is 2.49. The minimum Gasteiger partial charge on any atom is -0.355 e. The van der Waals surface area contributed by atoms with E-state index < -0.39 is 0 Å². The maximum absolute atomic E-state index is 12.0. The lowest BCUT2D eigenvalue weighted by molar-refractivity contribution is -0.136. The standard InChI is InChI=1S/C28H32N8O/c1-3-24(37)36-17-28(18-36)9-13-35(16-28)27-20(14-29)26(25-19(2)6-7-22-21(25)15-30-33-22)31-23(32-27)8-12-34-10-4-5-11-34/h3,6-7,15H,1,4-5,8-13,16-18H2,2H3,(H,30,33). The highest BCUT2D eigenvalue weighted by molar-refractivity contribution is 5.97. The lowest BCUT2D eigenvalue weighted by Gasteiger charge is -2.47. The van der Waals surface area contributed by atoms with Crippen LogP contribution < -0.4 is 4.90 Å². The summed E-state index contributed by atoms with van der Waals surface area (Å²) in [7, 11) is 0. The summed E-state index contributed by atoms with van der Waals surface area (Å²) in [6.07, 6.45) is 7.40. The number of nitriles is 1. The Morgan fingerprint density at radius 1 is 1.22 bits per heavy atom. The Bertz CT molecular complexity index is 1410. The van der Waals surface area contributed by atoms with Gasteiger partial charge in [-0.2, -0.15) is 10.4 Å². The summed E-state index contributed by atoms with van der Waals surface area (Å²) in [5.74, 6) is 1.47. The predicted molar refractivity (Wildman–Crippen MR) is 142 cm³/mol. The molecule has 1 spiro atoms. The molecule has 0 atom stereocenters. The number of fused-ring (bicyclic) bond motifs is 1. The van der Waals surface area contributed by atoms with Gasteiger partial charge >= 0.3 is 0 Å². The van der Waals surface area contributed by atoms with Crippen LogP contribution in [0.1, 0.15) is 36.2 Å². The summed E-state index contributed by atoms with van der Waals surface area (Å²) < 4.78 is 0. The molecule has 3 aliphatic rings. The summed E-state index contributed by atoms with van der Waals surface area (Å²) in [5, 5.41) is 18.7. The molecule has 9 nitrogen and oxygen atoms in total. The molecular formula is C28H32N8O. The van der Waals surface area contributed by atoms with Gasteiger partial charge in [0.1, 0.15) is 17.5 Å². The average Bonchev–Trinajstić information content (AvgIpc) is 3.66. The van der Waals surface area contributed by atoms with Crippen molar-refractivity contribution in [3.05, 3.63) is 47.9 Å². The van der Waals surface area contributed by atoms with Crippen LogP contribution in [0.4, 0.5) is 5.82 Å². The number of hydrogen-bond donors (Lipinski definition) is 1. The van der Waals surface area contributed by atoms with E-state index in [0.717, 1.165) is 86.5 Å². The predicted octanol–water partition coefficient (Wildman–Crippen LogP) is 3.06.